The fourth-order valence-corrected chi connectivity index (χ4v) is 1.46. The number of nitrogens with zero attached hydrogens (tertiary/aromatic N) is 1. The molecule has 1 fully saturated rings. The van der Waals surface area contributed by atoms with E-state index in [-0.39, 0.29) is 6.03 Å². The second-order valence-corrected chi connectivity index (χ2v) is 3.90. The molecule has 1 heterocycles. The van der Waals surface area contributed by atoms with Crippen molar-refractivity contribution in [2.45, 2.75) is 32.3 Å². The molecule has 0 aromatic carbocycles. The Hall–Kier alpha value is -0.770. The van der Waals surface area contributed by atoms with E-state index < -0.39 is 5.60 Å². The van der Waals surface area contributed by atoms with Gasteiger partial charge in [0.05, 0.1) is 12.1 Å². The molecule has 1 aliphatic heterocycles. The third-order valence-electron chi connectivity index (χ3n) is 2.27. The summed E-state index contributed by atoms with van der Waals surface area (Å²) in [6.45, 7) is 5.59. The third kappa shape index (κ3) is 2.88. The number of nitrogens with one attached hydrogen (secondary N) is 1. The van der Waals surface area contributed by atoms with Crippen LogP contribution in [0.3, 0.4) is 0 Å². The molecule has 1 rings (SSSR count). The van der Waals surface area contributed by atoms with Gasteiger partial charge in [-0.15, -0.1) is 0 Å². The Balaban J connectivity index is 2.33. The van der Waals surface area contributed by atoms with Gasteiger partial charge in [0, 0.05) is 13.1 Å². The summed E-state index contributed by atoms with van der Waals surface area (Å²) in [4.78, 5) is 13.1. The maximum Gasteiger partial charge on any atom is 0.317 e. The first kappa shape index (κ1) is 10.3. The van der Waals surface area contributed by atoms with Crippen LogP contribution in [0.15, 0.2) is 0 Å². The molecular formula is C9H18N2O2. The Morgan fingerprint density at radius 3 is 2.85 bits per heavy atom. The lowest BCUT2D eigenvalue weighted by Crippen LogP contribution is -2.40. The second-order valence-electron chi connectivity index (χ2n) is 3.90. The number of carbonyl (C=O) groups excluding carboxylic acids is 1. The molecule has 1 aliphatic rings. The minimum absolute atomic E-state index is 0.0559. The fraction of sp³-hybridized carbons (Fsp3) is 0.889. The van der Waals surface area contributed by atoms with E-state index in [1.165, 1.54) is 0 Å². The Morgan fingerprint density at radius 1 is 1.69 bits per heavy atom. The predicted octanol–water partition coefficient (Wildman–Crippen LogP) is 0.563. The van der Waals surface area contributed by atoms with Crippen molar-refractivity contribution in [3.63, 3.8) is 0 Å². The SMILES string of the molecule is CCCNC(=O)N1CCC(C)(O)C1. The number of urea groups is 1. The first-order valence-corrected chi connectivity index (χ1v) is 4.80. The molecule has 0 spiro atoms. The summed E-state index contributed by atoms with van der Waals surface area (Å²) in [6, 6.07) is -0.0559. The van der Waals surface area contributed by atoms with Crippen molar-refractivity contribution >= 4 is 6.03 Å². The molecule has 4 heteroatoms. The van der Waals surface area contributed by atoms with E-state index in [4.69, 9.17) is 0 Å². The van der Waals surface area contributed by atoms with Gasteiger partial charge in [0.25, 0.3) is 0 Å². The lowest BCUT2D eigenvalue weighted by atomic mass is 10.1. The molecule has 1 atom stereocenters. The Kier molecular flexibility index (Phi) is 3.14. The largest absolute Gasteiger partial charge is 0.388 e. The molecule has 76 valence electrons. The summed E-state index contributed by atoms with van der Waals surface area (Å²) in [5.41, 5.74) is -0.691. The van der Waals surface area contributed by atoms with Gasteiger partial charge >= 0.3 is 6.03 Å². The minimum atomic E-state index is -0.691. The number of β-amino-alcohol motifs (C(OH)–C–C–N with tert-alkyl or cyclic N) is 1. The average molecular weight is 186 g/mol. The van der Waals surface area contributed by atoms with Crippen LogP contribution < -0.4 is 5.32 Å². The molecule has 0 aromatic heterocycles. The molecule has 0 radical (unpaired) electrons. The van der Waals surface area contributed by atoms with Gasteiger partial charge < -0.3 is 15.3 Å². The van der Waals surface area contributed by atoms with Gasteiger partial charge in [-0.05, 0) is 19.8 Å². The standard InChI is InChI=1S/C9H18N2O2/c1-3-5-10-8(12)11-6-4-9(2,13)7-11/h13H,3-7H2,1-2H3,(H,10,12). The Bertz CT molecular complexity index is 192. The number of aliphatic hydroxyl groups is 1. The maximum absolute atomic E-state index is 11.4. The topological polar surface area (TPSA) is 52.6 Å². The smallest absolute Gasteiger partial charge is 0.317 e. The van der Waals surface area contributed by atoms with Gasteiger partial charge in [-0.1, -0.05) is 6.92 Å². The van der Waals surface area contributed by atoms with E-state index in [1.54, 1.807) is 11.8 Å². The van der Waals surface area contributed by atoms with Crippen LogP contribution in [0.1, 0.15) is 26.7 Å². The highest BCUT2D eigenvalue weighted by Gasteiger charge is 2.33. The zero-order valence-electron chi connectivity index (χ0n) is 8.34. The number of carbonyl (C=O) groups is 1. The van der Waals surface area contributed by atoms with Crippen LogP contribution in [0.4, 0.5) is 4.79 Å². The molecule has 2 amide bonds. The summed E-state index contributed by atoms with van der Waals surface area (Å²) in [6.07, 6.45) is 1.61. The van der Waals surface area contributed by atoms with Crippen molar-refractivity contribution in [2.75, 3.05) is 19.6 Å². The molecule has 2 N–H and O–H groups in total. The van der Waals surface area contributed by atoms with Gasteiger partial charge in [0.2, 0.25) is 0 Å². The van der Waals surface area contributed by atoms with Crippen molar-refractivity contribution in [1.82, 2.24) is 10.2 Å². The molecule has 0 aromatic rings. The molecule has 0 bridgehead atoms. The van der Waals surface area contributed by atoms with E-state index in [1.807, 2.05) is 6.92 Å². The van der Waals surface area contributed by atoms with Gasteiger partial charge in [0.15, 0.2) is 0 Å². The van der Waals surface area contributed by atoms with Crippen LogP contribution >= 0.6 is 0 Å². The maximum atomic E-state index is 11.4. The van der Waals surface area contributed by atoms with Crippen LogP contribution in [0.2, 0.25) is 0 Å². The van der Waals surface area contributed by atoms with Crippen molar-refractivity contribution in [2.24, 2.45) is 0 Å². The summed E-state index contributed by atoms with van der Waals surface area (Å²) < 4.78 is 0. The summed E-state index contributed by atoms with van der Waals surface area (Å²) in [7, 11) is 0. The van der Waals surface area contributed by atoms with E-state index in [0.717, 1.165) is 6.42 Å². The van der Waals surface area contributed by atoms with Gasteiger partial charge in [-0.2, -0.15) is 0 Å². The van der Waals surface area contributed by atoms with Crippen LogP contribution in [0.25, 0.3) is 0 Å². The molecule has 13 heavy (non-hydrogen) atoms. The molecule has 0 aliphatic carbocycles. The highest BCUT2D eigenvalue weighted by atomic mass is 16.3. The normalized spacial score (nSPS) is 27.8. The van der Waals surface area contributed by atoms with Crippen LogP contribution in [0.5, 0.6) is 0 Å². The minimum Gasteiger partial charge on any atom is -0.388 e. The average Bonchev–Trinajstić information content (AvgIpc) is 2.42. The fourth-order valence-electron chi connectivity index (χ4n) is 1.46. The van der Waals surface area contributed by atoms with Crippen molar-refractivity contribution < 1.29 is 9.90 Å². The molecular weight excluding hydrogens is 168 g/mol. The van der Waals surface area contributed by atoms with E-state index in [9.17, 15) is 9.90 Å². The Morgan fingerprint density at radius 2 is 2.38 bits per heavy atom. The lowest BCUT2D eigenvalue weighted by Gasteiger charge is -2.19. The van der Waals surface area contributed by atoms with Gasteiger partial charge in [-0.3, -0.25) is 0 Å². The highest BCUT2D eigenvalue weighted by molar-refractivity contribution is 5.74. The van der Waals surface area contributed by atoms with Crippen molar-refractivity contribution in [3.05, 3.63) is 0 Å². The van der Waals surface area contributed by atoms with E-state index >= 15 is 0 Å². The lowest BCUT2D eigenvalue weighted by molar-refractivity contribution is 0.0719. The summed E-state index contributed by atoms with van der Waals surface area (Å²) in [5.74, 6) is 0. The van der Waals surface area contributed by atoms with Crippen LogP contribution in [-0.4, -0.2) is 41.3 Å². The molecule has 1 unspecified atom stereocenters. The molecule has 4 nitrogen and oxygen atoms in total. The number of amides is 2. The second kappa shape index (κ2) is 3.96. The molecule has 1 saturated heterocycles. The predicted molar refractivity (Wildman–Crippen MR) is 50.5 cm³/mol. The Labute approximate surface area is 78.9 Å². The quantitative estimate of drug-likeness (QED) is 0.662. The monoisotopic (exact) mass is 186 g/mol. The van der Waals surface area contributed by atoms with Crippen LogP contribution in [0, 0.1) is 0 Å². The number of rotatable bonds is 2. The highest BCUT2D eigenvalue weighted by Crippen LogP contribution is 2.19. The molecule has 0 saturated carbocycles. The third-order valence-corrected chi connectivity index (χ3v) is 2.27. The van der Waals surface area contributed by atoms with Crippen molar-refractivity contribution in [3.8, 4) is 0 Å². The van der Waals surface area contributed by atoms with Crippen molar-refractivity contribution in [1.29, 1.82) is 0 Å². The number of hydrogen-bond donors (Lipinski definition) is 2. The summed E-state index contributed by atoms with van der Waals surface area (Å²) >= 11 is 0. The zero-order chi connectivity index (χ0) is 9.90. The summed E-state index contributed by atoms with van der Waals surface area (Å²) in [5, 5.41) is 12.4. The van der Waals surface area contributed by atoms with E-state index in [2.05, 4.69) is 5.32 Å². The van der Waals surface area contributed by atoms with Crippen LogP contribution in [-0.2, 0) is 0 Å². The van der Waals surface area contributed by atoms with E-state index in [0.29, 0.717) is 26.1 Å². The number of hydrogen-bond acceptors (Lipinski definition) is 2. The van der Waals surface area contributed by atoms with Gasteiger partial charge in [-0.25, -0.2) is 4.79 Å². The number of likely N-dealkylation sites (tertiary alicyclic amines) is 1. The zero-order valence-corrected chi connectivity index (χ0v) is 8.34. The first-order valence-electron chi connectivity index (χ1n) is 4.80. The first-order chi connectivity index (χ1) is 6.05. The van der Waals surface area contributed by atoms with Gasteiger partial charge in [0.1, 0.15) is 0 Å².